The van der Waals surface area contributed by atoms with Crippen LogP contribution in [-0.2, 0) is 10.1 Å². The van der Waals surface area contributed by atoms with E-state index in [1.807, 2.05) is 0 Å². The fourth-order valence-corrected chi connectivity index (χ4v) is 2.15. The predicted octanol–water partition coefficient (Wildman–Crippen LogP) is 1.48. The van der Waals surface area contributed by atoms with Gasteiger partial charge in [0.25, 0.3) is 10.1 Å². The van der Waals surface area contributed by atoms with Crippen molar-refractivity contribution < 1.29 is 13.0 Å². The van der Waals surface area contributed by atoms with E-state index in [0.717, 1.165) is 0 Å². The highest BCUT2D eigenvalue weighted by Gasteiger charge is 2.19. The molecule has 0 amide bonds. The molecule has 1 aromatic rings. The summed E-state index contributed by atoms with van der Waals surface area (Å²) in [6, 6.07) is 2.96. The van der Waals surface area contributed by atoms with Gasteiger partial charge in [-0.25, -0.2) is 0 Å². The van der Waals surface area contributed by atoms with Gasteiger partial charge < -0.3 is 5.73 Å². The molecule has 0 aliphatic heterocycles. The van der Waals surface area contributed by atoms with E-state index in [9.17, 15) is 8.42 Å². The lowest BCUT2D eigenvalue weighted by molar-refractivity contribution is 0.483. The highest BCUT2D eigenvalue weighted by Crippen LogP contribution is 2.29. The maximum Gasteiger partial charge on any atom is 0.298 e. The van der Waals surface area contributed by atoms with E-state index >= 15 is 0 Å². The van der Waals surface area contributed by atoms with E-state index in [4.69, 9.17) is 21.9 Å². The Bertz CT molecular complexity index is 441. The Balaban J connectivity index is 3.62. The summed E-state index contributed by atoms with van der Waals surface area (Å²) < 4.78 is 30.4. The van der Waals surface area contributed by atoms with Crippen LogP contribution in [0.3, 0.4) is 0 Å². The van der Waals surface area contributed by atoms with Gasteiger partial charge in [0.15, 0.2) is 0 Å². The van der Waals surface area contributed by atoms with Gasteiger partial charge >= 0.3 is 0 Å². The smallest absolute Gasteiger partial charge is 0.298 e. The minimum absolute atomic E-state index is 0.0394. The maximum absolute atomic E-state index is 10.8. The Hall–Kier alpha value is -0.780. The molecule has 1 aromatic carbocycles. The van der Waals surface area contributed by atoms with Crippen molar-refractivity contribution >= 4 is 27.4 Å². The Kier molecular flexibility index (Phi) is 2.51. The SMILES string of the molecule is Cc1ccc(N)c(S(=O)(=O)O)c1Cl. The van der Waals surface area contributed by atoms with Gasteiger partial charge in [-0.1, -0.05) is 17.7 Å². The van der Waals surface area contributed by atoms with Crippen LogP contribution in [0, 0.1) is 6.92 Å². The molecule has 72 valence electrons. The highest BCUT2D eigenvalue weighted by molar-refractivity contribution is 7.86. The molecular formula is C7H8ClNO3S. The van der Waals surface area contributed by atoms with E-state index in [1.54, 1.807) is 13.0 Å². The van der Waals surface area contributed by atoms with Gasteiger partial charge in [0.1, 0.15) is 4.90 Å². The maximum atomic E-state index is 10.8. The third-order valence-electron chi connectivity index (χ3n) is 1.58. The molecule has 3 N–H and O–H groups in total. The molecule has 0 aliphatic rings. The molecule has 0 heterocycles. The van der Waals surface area contributed by atoms with Crippen molar-refractivity contribution in [1.82, 2.24) is 0 Å². The molecule has 0 atom stereocenters. The van der Waals surface area contributed by atoms with E-state index in [0.29, 0.717) is 5.56 Å². The summed E-state index contributed by atoms with van der Waals surface area (Å²) >= 11 is 5.66. The molecule has 0 radical (unpaired) electrons. The first kappa shape index (κ1) is 10.3. The van der Waals surface area contributed by atoms with Crippen LogP contribution in [0.25, 0.3) is 0 Å². The summed E-state index contributed by atoms with van der Waals surface area (Å²) in [7, 11) is -4.34. The molecule has 0 saturated carbocycles. The number of hydrogen-bond donors (Lipinski definition) is 2. The second-order valence-corrected chi connectivity index (χ2v) is 4.33. The van der Waals surface area contributed by atoms with Crippen LogP contribution < -0.4 is 5.73 Å². The standard InChI is InChI=1S/C7H8ClNO3S/c1-4-2-3-5(9)7(6(4)8)13(10,11)12/h2-3H,9H2,1H3,(H,10,11,12). The van der Waals surface area contributed by atoms with Crippen molar-refractivity contribution in [2.24, 2.45) is 0 Å². The normalized spacial score (nSPS) is 11.6. The van der Waals surface area contributed by atoms with Crippen molar-refractivity contribution in [3.8, 4) is 0 Å². The van der Waals surface area contributed by atoms with E-state index in [1.165, 1.54) is 6.07 Å². The number of nitrogen functional groups attached to an aromatic ring is 1. The average Bonchev–Trinajstić information content (AvgIpc) is 1.95. The van der Waals surface area contributed by atoms with Crippen LogP contribution in [0.4, 0.5) is 5.69 Å². The molecule has 0 saturated heterocycles. The minimum Gasteiger partial charge on any atom is -0.398 e. The number of hydrogen-bond acceptors (Lipinski definition) is 3. The van der Waals surface area contributed by atoms with Gasteiger partial charge in [-0.2, -0.15) is 8.42 Å². The monoisotopic (exact) mass is 221 g/mol. The van der Waals surface area contributed by atoms with Crippen LogP contribution in [0.5, 0.6) is 0 Å². The summed E-state index contributed by atoms with van der Waals surface area (Å²) in [6.07, 6.45) is 0. The summed E-state index contributed by atoms with van der Waals surface area (Å²) in [5.74, 6) is 0. The molecule has 4 nitrogen and oxygen atoms in total. The van der Waals surface area contributed by atoms with Gasteiger partial charge in [-0.05, 0) is 18.6 Å². The largest absolute Gasteiger partial charge is 0.398 e. The number of halogens is 1. The first-order valence-electron chi connectivity index (χ1n) is 3.36. The van der Waals surface area contributed by atoms with Crippen molar-refractivity contribution in [3.05, 3.63) is 22.7 Å². The molecule has 13 heavy (non-hydrogen) atoms. The zero-order chi connectivity index (χ0) is 10.2. The third-order valence-corrected chi connectivity index (χ3v) is 3.13. The third kappa shape index (κ3) is 1.93. The molecule has 0 bridgehead atoms. The lowest BCUT2D eigenvalue weighted by atomic mass is 10.2. The number of nitrogens with two attached hydrogens (primary N) is 1. The van der Waals surface area contributed by atoms with Gasteiger partial charge in [-0.15, -0.1) is 0 Å². The van der Waals surface area contributed by atoms with Gasteiger partial charge in [-0.3, -0.25) is 4.55 Å². The second-order valence-electron chi connectivity index (χ2n) is 2.59. The Morgan fingerprint density at radius 1 is 1.46 bits per heavy atom. The van der Waals surface area contributed by atoms with E-state index in [2.05, 4.69) is 0 Å². The van der Waals surface area contributed by atoms with Gasteiger partial charge in [0.05, 0.1) is 10.7 Å². The summed E-state index contributed by atoms with van der Waals surface area (Å²) in [5.41, 5.74) is 5.84. The molecule has 1 rings (SSSR count). The minimum atomic E-state index is -4.34. The fourth-order valence-electron chi connectivity index (χ4n) is 0.932. The zero-order valence-electron chi connectivity index (χ0n) is 6.78. The van der Waals surface area contributed by atoms with Crippen molar-refractivity contribution in [2.75, 3.05) is 5.73 Å². The zero-order valence-corrected chi connectivity index (χ0v) is 8.35. The summed E-state index contributed by atoms with van der Waals surface area (Å²) in [5, 5.41) is -0.0394. The first-order chi connectivity index (χ1) is 5.84. The molecule has 0 spiro atoms. The van der Waals surface area contributed by atoms with Crippen LogP contribution in [0.15, 0.2) is 17.0 Å². The molecule has 0 aliphatic carbocycles. The quantitative estimate of drug-likeness (QED) is 0.556. The topological polar surface area (TPSA) is 80.4 Å². The van der Waals surface area contributed by atoms with Crippen molar-refractivity contribution in [3.63, 3.8) is 0 Å². The molecule has 6 heteroatoms. The summed E-state index contributed by atoms with van der Waals surface area (Å²) in [4.78, 5) is -0.422. The van der Waals surface area contributed by atoms with Crippen molar-refractivity contribution in [1.29, 1.82) is 0 Å². The van der Waals surface area contributed by atoms with Crippen LogP contribution >= 0.6 is 11.6 Å². The Morgan fingerprint density at radius 2 is 2.00 bits per heavy atom. The lowest BCUT2D eigenvalue weighted by Gasteiger charge is -2.06. The average molecular weight is 222 g/mol. The fraction of sp³-hybridized carbons (Fsp3) is 0.143. The number of anilines is 1. The highest BCUT2D eigenvalue weighted by atomic mass is 35.5. The van der Waals surface area contributed by atoms with Crippen LogP contribution in [0.2, 0.25) is 5.02 Å². The second kappa shape index (κ2) is 3.17. The Labute approximate surface area is 81.1 Å². The van der Waals surface area contributed by atoms with E-state index < -0.39 is 15.0 Å². The number of aryl methyl sites for hydroxylation is 1. The van der Waals surface area contributed by atoms with Crippen molar-refractivity contribution in [2.45, 2.75) is 11.8 Å². The van der Waals surface area contributed by atoms with E-state index in [-0.39, 0.29) is 10.7 Å². The number of benzene rings is 1. The first-order valence-corrected chi connectivity index (χ1v) is 5.18. The summed E-state index contributed by atoms with van der Waals surface area (Å²) in [6.45, 7) is 1.62. The van der Waals surface area contributed by atoms with Gasteiger partial charge in [0, 0.05) is 0 Å². The lowest BCUT2D eigenvalue weighted by Crippen LogP contribution is -2.04. The number of rotatable bonds is 1. The molecular weight excluding hydrogens is 214 g/mol. The van der Waals surface area contributed by atoms with Crippen LogP contribution in [0.1, 0.15) is 5.56 Å². The van der Waals surface area contributed by atoms with Crippen LogP contribution in [-0.4, -0.2) is 13.0 Å². The van der Waals surface area contributed by atoms with Gasteiger partial charge in [0.2, 0.25) is 0 Å². The Morgan fingerprint density at radius 3 is 2.38 bits per heavy atom. The predicted molar refractivity (Wildman–Crippen MR) is 50.4 cm³/mol. The molecule has 0 aromatic heterocycles. The molecule has 0 fully saturated rings. The molecule has 0 unspecified atom stereocenters.